The van der Waals surface area contributed by atoms with E-state index >= 15 is 0 Å². The second kappa shape index (κ2) is 14.8. The number of hydrogen-bond donors (Lipinski definition) is 0. The second-order valence-electron chi connectivity index (χ2n) is 19.2. The molecule has 0 saturated carbocycles. The molecule has 70 heavy (non-hydrogen) atoms. The minimum atomic E-state index is -0.638. The fraction of sp³-hybridized carbons (Fsp3) is 0.0606. The predicted molar refractivity (Wildman–Crippen MR) is 284 cm³/mol. The van der Waals surface area contributed by atoms with Crippen LogP contribution in [0.4, 0.5) is 34.1 Å². The third-order valence-corrected chi connectivity index (χ3v) is 16.0. The highest BCUT2D eigenvalue weighted by Crippen LogP contribution is 2.69. The normalized spacial score (nSPS) is 18.9. The van der Waals surface area contributed by atoms with Crippen LogP contribution in [-0.4, -0.2) is 9.97 Å². The lowest BCUT2D eigenvalue weighted by Crippen LogP contribution is -2.42. The van der Waals surface area contributed by atoms with Gasteiger partial charge in [0.25, 0.3) is 0 Å². The number of benzene rings is 8. The van der Waals surface area contributed by atoms with Crippen LogP contribution in [0.5, 0.6) is 0 Å². The first-order chi connectivity index (χ1) is 34.7. The maximum absolute atomic E-state index is 4.73. The Morgan fingerprint density at radius 1 is 0.357 bits per heavy atom. The fourth-order valence-corrected chi connectivity index (χ4v) is 13.4. The molecule has 10 aromatic rings. The van der Waals surface area contributed by atoms with Gasteiger partial charge in [-0.3, -0.25) is 9.97 Å². The van der Waals surface area contributed by atoms with Crippen LogP contribution in [-0.2, 0) is 10.8 Å². The summed E-state index contributed by atoms with van der Waals surface area (Å²) < 4.78 is 0. The molecule has 328 valence electrons. The molecule has 2 aromatic heterocycles. The predicted octanol–water partition coefficient (Wildman–Crippen LogP) is 15.9. The highest BCUT2D eigenvalue weighted by atomic mass is 15.2. The zero-order chi connectivity index (χ0) is 46.0. The van der Waals surface area contributed by atoms with Crippen LogP contribution >= 0.6 is 0 Å². The van der Waals surface area contributed by atoms with Gasteiger partial charge in [-0.2, -0.15) is 0 Å². The minimum Gasteiger partial charge on any atom is -0.310 e. The molecule has 3 atom stereocenters. The lowest BCUT2D eigenvalue weighted by Gasteiger charge is -2.50. The van der Waals surface area contributed by atoms with Crippen molar-refractivity contribution in [3.63, 3.8) is 0 Å². The number of fused-ring (bicyclic) bond motifs is 18. The van der Waals surface area contributed by atoms with Crippen LogP contribution in [0.25, 0.3) is 33.6 Å². The summed E-state index contributed by atoms with van der Waals surface area (Å²) in [5.74, 6) is 0.337. The molecule has 5 aliphatic rings. The van der Waals surface area contributed by atoms with Crippen LogP contribution in [0.1, 0.15) is 50.4 Å². The molecule has 0 radical (unpaired) electrons. The third-order valence-electron chi connectivity index (χ3n) is 16.0. The quantitative estimate of drug-likeness (QED) is 0.176. The van der Waals surface area contributed by atoms with Gasteiger partial charge in [0.1, 0.15) is 0 Å². The SMILES string of the molecule is C1=CC2c3ccccc3C3(c4ccccc4N(c4ccc(-c5ccccn5)cc4)c4cc5c(cc43)N(c3ccc(-c4ccccn4)cc3)c3ccccc3C53c4ccccc4-c4ccccc43)C2C=C1. The summed E-state index contributed by atoms with van der Waals surface area (Å²) in [4.78, 5) is 14.6. The van der Waals surface area contributed by atoms with Gasteiger partial charge in [-0.05, 0) is 128 Å². The molecule has 8 aromatic carbocycles. The summed E-state index contributed by atoms with van der Waals surface area (Å²) in [5, 5.41) is 0. The number of para-hydroxylation sites is 2. The molecular weight excluding hydrogens is 849 g/mol. The van der Waals surface area contributed by atoms with E-state index in [2.05, 4.69) is 240 Å². The van der Waals surface area contributed by atoms with Gasteiger partial charge < -0.3 is 9.80 Å². The molecule has 2 spiro atoms. The lowest BCUT2D eigenvalue weighted by atomic mass is 9.59. The summed E-state index contributed by atoms with van der Waals surface area (Å²) >= 11 is 0. The van der Waals surface area contributed by atoms with Crippen molar-refractivity contribution in [1.82, 2.24) is 9.97 Å². The highest BCUT2D eigenvalue weighted by Gasteiger charge is 2.59. The topological polar surface area (TPSA) is 32.3 Å². The first-order valence-electron chi connectivity index (χ1n) is 24.4. The summed E-state index contributed by atoms with van der Waals surface area (Å²) in [6.07, 6.45) is 13.2. The molecule has 15 rings (SSSR count). The Kier molecular flexibility index (Phi) is 8.29. The Bertz CT molecular complexity index is 3750. The number of pyridine rings is 2. The zero-order valence-electron chi connectivity index (χ0n) is 38.2. The van der Waals surface area contributed by atoms with Crippen LogP contribution in [0.15, 0.2) is 255 Å². The molecule has 2 aliphatic heterocycles. The van der Waals surface area contributed by atoms with Gasteiger partial charge in [0.15, 0.2) is 0 Å². The number of allylic oxidation sites excluding steroid dienone is 4. The maximum atomic E-state index is 4.73. The summed E-state index contributed by atoms with van der Waals surface area (Å²) in [7, 11) is 0. The Balaban J connectivity index is 1.09. The number of aromatic nitrogens is 2. The molecule has 0 fully saturated rings. The molecular formula is C66H44N4. The third kappa shape index (κ3) is 5.14. The fourth-order valence-electron chi connectivity index (χ4n) is 13.4. The Labute approximate surface area is 407 Å². The van der Waals surface area contributed by atoms with E-state index in [-0.39, 0.29) is 11.8 Å². The molecule has 0 amide bonds. The van der Waals surface area contributed by atoms with E-state index in [0.717, 1.165) is 33.9 Å². The summed E-state index contributed by atoms with van der Waals surface area (Å²) in [6.45, 7) is 0. The van der Waals surface area contributed by atoms with Crippen molar-refractivity contribution < 1.29 is 0 Å². The molecule has 3 aliphatic carbocycles. The monoisotopic (exact) mass is 892 g/mol. The van der Waals surface area contributed by atoms with Gasteiger partial charge in [0, 0.05) is 46.7 Å². The van der Waals surface area contributed by atoms with Crippen molar-refractivity contribution in [1.29, 1.82) is 0 Å². The minimum absolute atomic E-state index is 0.130. The Morgan fingerprint density at radius 2 is 0.829 bits per heavy atom. The van der Waals surface area contributed by atoms with Crippen molar-refractivity contribution in [2.24, 2.45) is 5.92 Å². The van der Waals surface area contributed by atoms with E-state index in [9.17, 15) is 0 Å². The average Bonchev–Trinajstić information content (AvgIpc) is 3.90. The first kappa shape index (κ1) is 39.2. The van der Waals surface area contributed by atoms with Gasteiger partial charge in [-0.15, -0.1) is 0 Å². The molecule has 4 heteroatoms. The molecule has 4 nitrogen and oxygen atoms in total. The van der Waals surface area contributed by atoms with Crippen LogP contribution in [0, 0.1) is 5.92 Å². The van der Waals surface area contributed by atoms with Crippen LogP contribution < -0.4 is 9.80 Å². The number of anilines is 6. The van der Waals surface area contributed by atoms with Crippen molar-refractivity contribution in [3.05, 3.63) is 300 Å². The molecule has 3 unspecified atom stereocenters. The second-order valence-corrected chi connectivity index (χ2v) is 19.2. The molecule has 0 N–H and O–H groups in total. The maximum Gasteiger partial charge on any atom is 0.0755 e. The van der Waals surface area contributed by atoms with E-state index < -0.39 is 10.8 Å². The molecule has 0 bridgehead atoms. The number of nitrogens with zero attached hydrogens (tertiary/aromatic N) is 4. The van der Waals surface area contributed by atoms with Crippen molar-refractivity contribution in [3.8, 4) is 33.6 Å². The largest absolute Gasteiger partial charge is 0.310 e. The van der Waals surface area contributed by atoms with Crippen molar-refractivity contribution >= 4 is 34.1 Å². The molecule has 0 saturated heterocycles. The summed E-state index contributed by atoms with van der Waals surface area (Å²) in [6, 6.07) is 81.5. The van der Waals surface area contributed by atoms with Crippen LogP contribution in [0.3, 0.4) is 0 Å². The van der Waals surface area contributed by atoms with Crippen LogP contribution in [0.2, 0.25) is 0 Å². The van der Waals surface area contributed by atoms with Gasteiger partial charge >= 0.3 is 0 Å². The lowest BCUT2D eigenvalue weighted by molar-refractivity contribution is 0.454. The number of hydrogen-bond acceptors (Lipinski definition) is 4. The van der Waals surface area contributed by atoms with E-state index in [1.807, 2.05) is 24.5 Å². The van der Waals surface area contributed by atoms with E-state index in [1.54, 1.807) is 0 Å². The standard InChI is InChI=1S/C66H44N4/c1-5-21-51-47(17-1)48-18-2-6-22-52(48)65(51)55-25-9-11-29-61(55)69(45-35-31-43(32-36-45)59-27-13-15-39-67-59)63-42-58-64(41-57(63)65)70(46-37-33-44(34-38-46)60-28-14-16-40-68-60)62-30-12-10-26-56(62)66(58)53-23-7-3-19-49(53)50-20-4-8-24-54(50)66/h1-42,47,51H. The average molecular weight is 893 g/mol. The van der Waals surface area contributed by atoms with Gasteiger partial charge in [0.05, 0.1) is 45.0 Å². The van der Waals surface area contributed by atoms with Gasteiger partial charge in [0.2, 0.25) is 0 Å². The molecule has 4 heterocycles. The first-order valence-corrected chi connectivity index (χ1v) is 24.4. The smallest absolute Gasteiger partial charge is 0.0755 e. The van der Waals surface area contributed by atoms with E-state index in [0.29, 0.717) is 0 Å². The number of rotatable bonds is 4. The zero-order valence-corrected chi connectivity index (χ0v) is 38.2. The van der Waals surface area contributed by atoms with Crippen molar-refractivity contribution in [2.45, 2.75) is 16.7 Å². The van der Waals surface area contributed by atoms with Gasteiger partial charge in [-0.25, -0.2) is 0 Å². The Hall–Kier alpha value is -8.86. The van der Waals surface area contributed by atoms with Crippen molar-refractivity contribution in [2.75, 3.05) is 9.80 Å². The van der Waals surface area contributed by atoms with Gasteiger partial charge in [-0.1, -0.05) is 170 Å². The van der Waals surface area contributed by atoms with E-state index in [1.165, 1.54) is 78.4 Å². The summed E-state index contributed by atoms with van der Waals surface area (Å²) in [5.41, 5.74) is 22.9. The van der Waals surface area contributed by atoms with E-state index in [4.69, 9.17) is 9.97 Å². The highest BCUT2D eigenvalue weighted by molar-refractivity contribution is 6.00. The Morgan fingerprint density at radius 3 is 1.43 bits per heavy atom.